The van der Waals surface area contributed by atoms with E-state index in [0.717, 1.165) is 0 Å². The Bertz CT molecular complexity index is 413. The summed E-state index contributed by atoms with van der Waals surface area (Å²) >= 11 is 0. The number of halogens is 3. The fourth-order valence-corrected chi connectivity index (χ4v) is 1.31. The van der Waals surface area contributed by atoms with Crippen LogP contribution in [0.3, 0.4) is 0 Å². The zero-order valence-corrected chi connectivity index (χ0v) is 9.67. The minimum atomic E-state index is -1.58. The van der Waals surface area contributed by atoms with E-state index in [-0.39, 0.29) is 18.7 Å². The normalized spacial score (nSPS) is 12.3. The van der Waals surface area contributed by atoms with Gasteiger partial charge >= 0.3 is 0 Å². The van der Waals surface area contributed by atoms with E-state index in [1.54, 1.807) is 0 Å². The molecular formula is C11H13F3N2O2. The Labute approximate surface area is 102 Å². The third-order valence-corrected chi connectivity index (χ3v) is 2.28. The van der Waals surface area contributed by atoms with Crippen LogP contribution in [0.5, 0.6) is 0 Å². The number of carbonyl (C=O) groups is 1. The minimum absolute atomic E-state index is 0.0619. The van der Waals surface area contributed by atoms with Crippen molar-refractivity contribution < 1.29 is 22.7 Å². The van der Waals surface area contributed by atoms with Crippen LogP contribution in [0.15, 0.2) is 12.1 Å². The van der Waals surface area contributed by atoms with Gasteiger partial charge in [-0.2, -0.15) is 0 Å². The zero-order chi connectivity index (χ0) is 13.7. The van der Waals surface area contributed by atoms with Gasteiger partial charge in [0.05, 0.1) is 12.5 Å². The summed E-state index contributed by atoms with van der Waals surface area (Å²) in [6.45, 7) is 0.135. The number of amides is 1. The highest BCUT2D eigenvalue weighted by Crippen LogP contribution is 2.17. The maximum Gasteiger partial charge on any atom is 0.227 e. The van der Waals surface area contributed by atoms with Gasteiger partial charge in [-0.05, 0) is 0 Å². The highest BCUT2D eigenvalue weighted by molar-refractivity contribution is 5.91. The molecule has 1 aromatic carbocycles. The van der Waals surface area contributed by atoms with Crippen LogP contribution in [0.2, 0.25) is 0 Å². The van der Waals surface area contributed by atoms with Crippen LogP contribution >= 0.6 is 0 Å². The Morgan fingerprint density at radius 1 is 1.39 bits per heavy atom. The van der Waals surface area contributed by atoms with Crippen molar-refractivity contribution in [1.29, 1.82) is 0 Å². The van der Waals surface area contributed by atoms with E-state index in [4.69, 9.17) is 10.5 Å². The van der Waals surface area contributed by atoms with Crippen LogP contribution in [-0.4, -0.2) is 25.7 Å². The second kappa shape index (κ2) is 6.36. The third-order valence-electron chi connectivity index (χ3n) is 2.28. The number of benzene rings is 1. The molecule has 0 aliphatic rings. The molecule has 7 heteroatoms. The molecule has 18 heavy (non-hydrogen) atoms. The molecule has 0 aliphatic heterocycles. The predicted octanol–water partition coefficient (Wildman–Crippen LogP) is 1.41. The van der Waals surface area contributed by atoms with Crippen LogP contribution in [0.1, 0.15) is 6.42 Å². The average Bonchev–Trinajstić information content (AvgIpc) is 2.32. The molecule has 0 fully saturated rings. The summed E-state index contributed by atoms with van der Waals surface area (Å²) in [5, 5.41) is 2.23. The van der Waals surface area contributed by atoms with Crippen LogP contribution < -0.4 is 11.1 Å². The second-order valence-corrected chi connectivity index (χ2v) is 3.60. The number of rotatable bonds is 5. The van der Waals surface area contributed by atoms with Crippen LogP contribution in [0.4, 0.5) is 18.9 Å². The lowest BCUT2D eigenvalue weighted by molar-refractivity contribution is -0.118. The first-order valence-electron chi connectivity index (χ1n) is 5.15. The highest BCUT2D eigenvalue weighted by atomic mass is 19.2. The molecule has 4 nitrogen and oxygen atoms in total. The Balaban J connectivity index is 2.70. The molecule has 3 N–H and O–H groups in total. The molecule has 0 bridgehead atoms. The van der Waals surface area contributed by atoms with Crippen molar-refractivity contribution >= 4 is 11.6 Å². The van der Waals surface area contributed by atoms with Gasteiger partial charge in [-0.15, -0.1) is 0 Å². The van der Waals surface area contributed by atoms with Crippen molar-refractivity contribution in [1.82, 2.24) is 0 Å². The average molecular weight is 262 g/mol. The summed E-state index contributed by atoms with van der Waals surface area (Å²) in [6, 6.07) is 1.39. The summed E-state index contributed by atoms with van der Waals surface area (Å²) in [5.41, 5.74) is 5.15. The highest BCUT2D eigenvalue weighted by Gasteiger charge is 2.14. The maximum absolute atomic E-state index is 12.9. The van der Waals surface area contributed by atoms with Gasteiger partial charge in [0.25, 0.3) is 0 Å². The molecule has 0 spiro atoms. The number of methoxy groups -OCH3 is 1. The molecule has 0 saturated carbocycles. The first-order chi connectivity index (χ1) is 8.47. The quantitative estimate of drug-likeness (QED) is 0.788. The van der Waals surface area contributed by atoms with Crippen molar-refractivity contribution in [3.05, 3.63) is 29.6 Å². The maximum atomic E-state index is 12.9. The molecule has 100 valence electrons. The lowest BCUT2D eigenvalue weighted by atomic mass is 10.2. The molecule has 1 unspecified atom stereocenters. The van der Waals surface area contributed by atoms with Gasteiger partial charge in [-0.1, -0.05) is 0 Å². The number of hydrogen-bond acceptors (Lipinski definition) is 3. The van der Waals surface area contributed by atoms with Gasteiger partial charge in [-0.3, -0.25) is 4.79 Å². The molecule has 1 amide bonds. The van der Waals surface area contributed by atoms with Gasteiger partial charge in [0.15, 0.2) is 17.5 Å². The number of nitrogens with two attached hydrogens (primary N) is 1. The molecule has 0 aliphatic carbocycles. The van der Waals surface area contributed by atoms with Gasteiger partial charge in [-0.25, -0.2) is 13.2 Å². The van der Waals surface area contributed by atoms with Gasteiger partial charge in [0.1, 0.15) is 0 Å². The molecular weight excluding hydrogens is 249 g/mol. The van der Waals surface area contributed by atoms with E-state index < -0.39 is 29.5 Å². The van der Waals surface area contributed by atoms with Gasteiger partial charge in [0, 0.05) is 31.5 Å². The van der Waals surface area contributed by atoms with E-state index in [1.807, 2.05) is 0 Å². The van der Waals surface area contributed by atoms with Crippen molar-refractivity contribution in [2.75, 3.05) is 19.0 Å². The Hall–Kier alpha value is -1.60. The fraction of sp³-hybridized carbons (Fsp3) is 0.364. The van der Waals surface area contributed by atoms with Crippen LogP contribution in [0.25, 0.3) is 0 Å². The van der Waals surface area contributed by atoms with Crippen molar-refractivity contribution in [3.63, 3.8) is 0 Å². The number of hydrogen-bond donors (Lipinski definition) is 2. The minimum Gasteiger partial charge on any atom is -0.380 e. The standard InChI is InChI=1S/C11H13F3N2O2/c1-18-7(5-15)4-10(17)16-6-2-8(12)11(14)9(13)3-6/h2-3,7H,4-5,15H2,1H3,(H,16,17). The van der Waals surface area contributed by atoms with Crippen molar-refractivity contribution in [2.45, 2.75) is 12.5 Å². The molecule has 0 heterocycles. The lowest BCUT2D eigenvalue weighted by Crippen LogP contribution is -2.28. The summed E-state index contributed by atoms with van der Waals surface area (Å²) in [4.78, 5) is 11.5. The monoisotopic (exact) mass is 262 g/mol. The summed E-state index contributed by atoms with van der Waals surface area (Å²) in [7, 11) is 1.39. The molecule has 0 radical (unpaired) electrons. The number of ether oxygens (including phenoxy) is 1. The topological polar surface area (TPSA) is 64.3 Å². The molecule has 1 aromatic rings. The Morgan fingerprint density at radius 3 is 2.39 bits per heavy atom. The predicted molar refractivity (Wildman–Crippen MR) is 59.4 cm³/mol. The number of anilines is 1. The van der Waals surface area contributed by atoms with E-state index >= 15 is 0 Å². The smallest absolute Gasteiger partial charge is 0.227 e. The first kappa shape index (κ1) is 14.5. The van der Waals surface area contributed by atoms with Crippen molar-refractivity contribution in [3.8, 4) is 0 Å². The largest absolute Gasteiger partial charge is 0.380 e. The van der Waals surface area contributed by atoms with E-state index in [0.29, 0.717) is 12.1 Å². The summed E-state index contributed by atoms with van der Waals surface area (Å²) < 4.78 is 43.3. The number of carbonyl (C=O) groups excluding carboxylic acids is 1. The first-order valence-corrected chi connectivity index (χ1v) is 5.15. The molecule has 0 aromatic heterocycles. The Kier molecular flexibility index (Phi) is 5.11. The van der Waals surface area contributed by atoms with Gasteiger partial charge in [0.2, 0.25) is 5.91 Å². The Morgan fingerprint density at radius 2 is 1.94 bits per heavy atom. The van der Waals surface area contributed by atoms with E-state index in [9.17, 15) is 18.0 Å². The van der Waals surface area contributed by atoms with Crippen molar-refractivity contribution in [2.24, 2.45) is 5.73 Å². The van der Waals surface area contributed by atoms with Crippen LogP contribution in [-0.2, 0) is 9.53 Å². The number of nitrogens with one attached hydrogen (secondary N) is 1. The molecule has 0 saturated heterocycles. The third kappa shape index (κ3) is 3.71. The van der Waals surface area contributed by atoms with Crippen LogP contribution in [0, 0.1) is 17.5 Å². The summed E-state index contributed by atoms with van der Waals surface area (Å²) in [5.74, 6) is -4.85. The SMILES string of the molecule is COC(CN)CC(=O)Nc1cc(F)c(F)c(F)c1. The molecule has 1 atom stereocenters. The molecule has 1 rings (SSSR count). The lowest BCUT2D eigenvalue weighted by Gasteiger charge is -2.12. The van der Waals surface area contributed by atoms with E-state index in [2.05, 4.69) is 5.32 Å². The fourth-order valence-electron chi connectivity index (χ4n) is 1.31. The van der Waals surface area contributed by atoms with E-state index in [1.165, 1.54) is 7.11 Å². The second-order valence-electron chi connectivity index (χ2n) is 3.60. The summed E-state index contributed by atoms with van der Waals surface area (Å²) in [6.07, 6.45) is -0.548. The zero-order valence-electron chi connectivity index (χ0n) is 9.67. The van der Waals surface area contributed by atoms with Gasteiger partial charge < -0.3 is 15.8 Å².